The van der Waals surface area contributed by atoms with Crippen LogP contribution in [0, 0.1) is 0 Å². The summed E-state index contributed by atoms with van der Waals surface area (Å²) in [6, 6.07) is 4.03. The monoisotopic (exact) mass is 179 g/mol. The molecular formula is C10H17N3. The van der Waals surface area contributed by atoms with Crippen LogP contribution in [0.5, 0.6) is 0 Å². The number of anilines is 1. The zero-order valence-electron chi connectivity index (χ0n) is 8.33. The van der Waals surface area contributed by atoms with E-state index in [0.29, 0.717) is 0 Å². The van der Waals surface area contributed by atoms with Crippen molar-refractivity contribution >= 4 is 5.69 Å². The Balaban J connectivity index is 2.35. The zero-order chi connectivity index (χ0) is 9.52. The first-order chi connectivity index (χ1) is 6.34. The van der Waals surface area contributed by atoms with Crippen molar-refractivity contribution < 1.29 is 0 Å². The summed E-state index contributed by atoms with van der Waals surface area (Å²) in [7, 11) is 2.08. The average molecular weight is 179 g/mol. The van der Waals surface area contributed by atoms with E-state index < -0.39 is 0 Å². The second-order valence-corrected chi connectivity index (χ2v) is 2.99. The molecule has 13 heavy (non-hydrogen) atoms. The molecule has 1 aromatic rings. The molecule has 0 saturated heterocycles. The smallest absolute Gasteiger partial charge is 0.0550 e. The van der Waals surface area contributed by atoms with Gasteiger partial charge in [0.25, 0.3) is 0 Å². The first-order valence-electron chi connectivity index (χ1n) is 4.66. The fourth-order valence-corrected chi connectivity index (χ4v) is 1.13. The number of hydrogen-bond donors (Lipinski definition) is 1. The van der Waals surface area contributed by atoms with Gasteiger partial charge < -0.3 is 10.2 Å². The molecule has 72 valence electrons. The number of nitrogens with one attached hydrogen (secondary N) is 1. The molecule has 0 atom stereocenters. The number of rotatable bonds is 5. The highest BCUT2D eigenvalue weighted by Crippen LogP contribution is 2.07. The summed E-state index contributed by atoms with van der Waals surface area (Å²) in [5, 5.41) is 3.29. The molecule has 0 bridgehead atoms. The molecule has 1 N–H and O–H groups in total. The van der Waals surface area contributed by atoms with Gasteiger partial charge in [0.2, 0.25) is 0 Å². The third-order valence-electron chi connectivity index (χ3n) is 1.96. The van der Waals surface area contributed by atoms with Gasteiger partial charge in [-0.1, -0.05) is 6.92 Å². The lowest BCUT2D eigenvalue weighted by molar-refractivity contribution is 0.705. The number of hydrogen-bond acceptors (Lipinski definition) is 3. The number of likely N-dealkylation sites (N-methyl/N-ethyl adjacent to an activating group) is 2. The van der Waals surface area contributed by atoms with Crippen molar-refractivity contribution in [1.82, 2.24) is 10.3 Å². The van der Waals surface area contributed by atoms with Crippen molar-refractivity contribution in [1.29, 1.82) is 0 Å². The standard InChI is InChI=1S/C10H17N3/c1-3-11-7-8-13(2)10-5-4-6-12-9-10/h4-6,9,11H,3,7-8H2,1-2H3. The Morgan fingerprint density at radius 1 is 1.54 bits per heavy atom. The van der Waals surface area contributed by atoms with Crippen molar-refractivity contribution in [2.75, 3.05) is 31.6 Å². The maximum atomic E-state index is 4.07. The summed E-state index contributed by atoms with van der Waals surface area (Å²) in [6.45, 7) is 5.17. The van der Waals surface area contributed by atoms with Crippen LogP contribution in [-0.4, -0.2) is 31.7 Å². The van der Waals surface area contributed by atoms with Gasteiger partial charge in [-0.25, -0.2) is 0 Å². The van der Waals surface area contributed by atoms with Crippen LogP contribution >= 0.6 is 0 Å². The third-order valence-corrected chi connectivity index (χ3v) is 1.96. The Kier molecular flexibility index (Phi) is 4.26. The van der Waals surface area contributed by atoms with Gasteiger partial charge in [-0.05, 0) is 18.7 Å². The summed E-state index contributed by atoms with van der Waals surface area (Å²) >= 11 is 0. The van der Waals surface area contributed by atoms with E-state index in [4.69, 9.17) is 0 Å². The highest BCUT2D eigenvalue weighted by atomic mass is 15.1. The number of nitrogens with zero attached hydrogens (tertiary/aromatic N) is 2. The van der Waals surface area contributed by atoms with Crippen LogP contribution in [0.4, 0.5) is 5.69 Å². The molecule has 0 aliphatic heterocycles. The second kappa shape index (κ2) is 5.54. The lowest BCUT2D eigenvalue weighted by Gasteiger charge is -2.18. The molecule has 0 aromatic carbocycles. The van der Waals surface area contributed by atoms with Gasteiger partial charge in [-0.2, -0.15) is 0 Å². The molecule has 3 nitrogen and oxygen atoms in total. The molecule has 1 rings (SSSR count). The van der Waals surface area contributed by atoms with E-state index in [1.165, 1.54) is 5.69 Å². The third kappa shape index (κ3) is 3.42. The maximum absolute atomic E-state index is 4.07. The van der Waals surface area contributed by atoms with E-state index in [-0.39, 0.29) is 0 Å². The Labute approximate surface area is 79.8 Å². The normalized spacial score (nSPS) is 10.0. The Hall–Kier alpha value is -1.09. The maximum Gasteiger partial charge on any atom is 0.0550 e. The molecule has 3 heteroatoms. The first-order valence-corrected chi connectivity index (χ1v) is 4.66. The SMILES string of the molecule is CCNCCN(C)c1cccnc1. The molecule has 0 saturated carbocycles. The Morgan fingerprint density at radius 3 is 3.00 bits per heavy atom. The summed E-state index contributed by atoms with van der Waals surface area (Å²) in [6.07, 6.45) is 3.67. The predicted molar refractivity (Wildman–Crippen MR) is 56.1 cm³/mol. The van der Waals surface area contributed by atoms with Gasteiger partial charge in [0.05, 0.1) is 11.9 Å². The summed E-state index contributed by atoms with van der Waals surface area (Å²) in [5.41, 5.74) is 1.17. The molecule has 0 spiro atoms. The summed E-state index contributed by atoms with van der Waals surface area (Å²) in [5.74, 6) is 0. The molecular weight excluding hydrogens is 162 g/mol. The molecule has 0 radical (unpaired) electrons. The first kappa shape index (κ1) is 9.99. The van der Waals surface area contributed by atoms with Crippen LogP contribution in [0.3, 0.4) is 0 Å². The van der Waals surface area contributed by atoms with Crippen molar-refractivity contribution in [3.8, 4) is 0 Å². The van der Waals surface area contributed by atoms with E-state index in [1.54, 1.807) is 6.20 Å². The van der Waals surface area contributed by atoms with Crippen molar-refractivity contribution in [3.63, 3.8) is 0 Å². The topological polar surface area (TPSA) is 28.2 Å². The Bertz CT molecular complexity index is 223. The fraction of sp³-hybridized carbons (Fsp3) is 0.500. The summed E-state index contributed by atoms with van der Waals surface area (Å²) in [4.78, 5) is 6.26. The molecule has 0 unspecified atom stereocenters. The van der Waals surface area contributed by atoms with Crippen LogP contribution in [0.2, 0.25) is 0 Å². The van der Waals surface area contributed by atoms with Crippen LogP contribution in [0.25, 0.3) is 0 Å². The van der Waals surface area contributed by atoms with Gasteiger partial charge in [-0.15, -0.1) is 0 Å². The highest BCUT2D eigenvalue weighted by Gasteiger charge is 1.97. The largest absolute Gasteiger partial charge is 0.372 e. The second-order valence-electron chi connectivity index (χ2n) is 2.99. The lowest BCUT2D eigenvalue weighted by atomic mass is 10.4. The van der Waals surface area contributed by atoms with Crippen LogP contribution < -0.4 is 10.2 Å². The quantitative estimate of drug-likeness (QED) is 0.687. The van der Waals surface area contributed by atoms with Crippen molar-refractivity contribution in [2.45, 2.75) is 6.92 Å². The number of pyridine rings is 1. The minimum atomic E-state index is 1.01. The van der Waals surface area contributed by atoms with Gasteiger partial charge in [0, 0.05) is 26.3 Å². The van der Waals surface area contributed by atoms with Gasteiger partial charge in [0.1, 0.15) is 0 Å². The predicted octanol–water partition coefficient (Wildman–Crippen LogP) is 1.13. The Morgan fingerprint density at radius 2 is 2.38 bits per heavy atom. The van der Waals surface area contributed by atoms with E-state index in [9.17, 15) is 0 Å². The van der Waals surface area contributed by atoms with E-state index in [2.05, 4.69) is 35.2 Å². The molecule has 0 aliphatic carbocycles. The molecule has 1 aromatic heterocycles. The number of aromatic nitrogens is 1. The van der Waals surface area contributed by atoms with E-state index in [1.807, 2.05) is 12.3 Å². The molecule has 0 fully saturated rings. The van der Waals surface area contributed by atoms with Crippen LogP contribution in [0.1, 0.15) is 6.92 Å². The average Bonchev–Trinajstić information content (AvgIpc) is 2.19. The van der Waals surface area contributed by atoms with E-state index >= 15 is 0 Å². The van der Waals surface area contributed by atoms with Crippen molar-refractivity contribution in [2.24, 2.45) is 0 Å². The molecule has 1 heterocycles. The lowest BCUT2D eigenvalue weighted by Crippen LogP contribution is -2.28. The van der Waals surface area contributed by atoms with Crippen LogP contribution in [-0.2, 0) is 0 Å². The molecule has 0 aliphatic rings. The minimum absolute atomic E-state index is 1.01. The highest BCUT2D eigenvalue weighted by molar-refractivity contribution is 5.42. The van der Waals surface area contributed by atoms with Gasteiger partial charge in [-0.3, -0.25) is 4.98 Å². The van der Waals surface area contributed by atoms with Crippen LogP contribution in [0.15, 0.2) is 24.5 Å². The zero-order valence-corrected chi connectivity index (χ0v) is 8.33. The van der Waals surface area contributed by atoms with Gasteiger partial charge >= 0.3 is 0 Å². The van der Waals surface area contributed by atoms with Crippen molar-refractivity contribution in [3.05, 3.63) is 24.5 Å². The van der Waals surface area contributed by atoms with E-state index in [0.717, 1.165) is 19.6 Å². The van der Waals surface area contributed by atoms with Gasteiger partial charge in [0.15, 0.2) is 0 Å². The minimum Gasteiger partial charge on any atom is -0.372 e. The molecule has 0 amide bonds. The fourth-order valence-electron chi connectivity index (χ4n) is 1.13. The summed E-state index contributed by atoms with van der Waals surface area (Å²) < 4.78 is 0.